The normalized spacial score (nSPS) is 10.2. The molecule has 0 bridgehead atoms. The molecule has 0 fully saturated rings. The van der Waals surface area contributed by atoms with Crippen molar-refractivity contribution < 1.29 is 14.7 Å². The first-order valence-corrected chi connectivity index (χ1v) is 6.76. The van der Waals surface area contributed by atoms with Gasteiger partial charge in [-0.25, -0.2) is 0 Å². The molecule has 2 rings (SSSR count). The summed E-state index contributed by atoms with van der Waals surface area (Å²) in [6.45, 7) is 0. The van der Waals surface area contributed by atoms with E-state index in [-0.39, 0.29) is 12.3 Å². The van der Waals surface area contributed by atoms with E-state index in [0.29, 0.717) is 26.9 Å². The maximum absolute atomic E-state index is 12.0. The van der Waals surface area contributed by atoms with E-state index in [1.807, 2.05) is 0 Å². The van der Waals surface area contributed by atoms with Crippen LogP contribution in [0.25, 0.3) is 0 Å². The van der Waals surface area contributed by atoms with Crippen LogP contribution in [-0.4, -0.2) is 11.9 Å². The Morgan fingerprint density at radius 2 is 1.67 bits per heavy atom. The number of halogens is 2. The van der Waals surface area contributed by atoms with Crippen LogP contribution in [0.5, 0.6) is 0 Å². The number of benzene rings is 2. The van der Waals surface area contributed by atoms with Gasteiger partial charge in [-0.05, 0) is 35.9 Å². The SMILES string of the molecule is O=C([O-])Cc1ccc(NC(=O)c2ccc(Cl)c(Cl)c2)cc1. The number of carboxylic acids is 1. The summed E-state index contributed by atoms with van der Waals surface area (Å²) < 4.78 is 0. The highest BCUT2D eigenvalue weighted by Gasteiger charge is 2.08. The van der Waals surface area contributed by atoms with Crippen LogP contribution in [0.15, 0.2) is 42.5 Å². The number of rotatable bonds is 4. The lowest BCUT2D eigenvalue weighted by molar-refractivity contribution is -0.304. The van der Waals surface area contributed by atoms with Crippen molar-refractivity contribution in [1.29, 1.82) is 0 Å². The van der Waals surface area contributed by atoms with Crippen molar-refractivity contribution >= 4 is 40.8 Å². The summed E-state index contributed by atoms with van der Waals surface area (Å²) in [5, 5.41) is 13.8. The zero-order chi connectivity index (χ0) is 15.4. The summed E-state index contributed by atoms with van der Waals surface area (Å²) in [6, 6.07) is 11.0. The molecule has 1 N–H and O–H groups in total. The van der Waals surface area contributed by atoms with Gasteiger partial charge in [0.2, 0.25) is 0 Å². The molecule has 0 radical (unpaired) electrons. The molecule has 0 atom stereocenters. The lowest BCUT2D eigenvalue weighted by Gasteiger charge is -2.08. The summed E-state index contributed by atoms with van der Waals surface area (Å²) in [7, 11) is 0. The van der Waals surface area contributed by atoms with Crippen LogP contribution >= 0.6 is 23.2 Å². The summed E-state index contributed by atoms with van der Waals surface area (Å²) in [6.07, 6.45) is -0.166. The number of carboxylic acid groups (broad SMARTS) is 1. The van der Waals surface area contributed by atoms with Crippen LogP contribution in [0.4, 0.5) is 5.69 Å². The van der Waals surface area contributed by atoms with Crippen molar-refractivity contribution in [3.05, 3.63) is 63.6 Å². The number of hydrogen-bond acceptors (Lipinski definition) is 3. The number of carbonyl (C=O) groups is 2. The molecular formula is C15H10Cl2NO3-. The zero-order valence-electron chi connectivity index (χ0n) is 10.7. The van der Waals surface area contributed by atoms with Gasteiger partial charge in [0.1, 0.15) is 0 Å². The van der Waals surface area contributed by atoms with E-state index in [0.717, 1.165) is 0 Å². The second-order valence-electron chi connectivity index (χ2n) is 4.33. The van der Waals surface area contributed by atoms with E-state index in [1.54, 1.807) is 36.4 Å². The van der Waals surface area contributed by atoms with Crippen molar-refractivity contribution in [3.8, 4) is 0 Å². The molecule has 0 aliphatic rings. The van der Waals surface area contributed by atoms with E-state index in [1.165, 1.54) is 6.07 Å². The minimum Gasteiger partial charge on any atom is -0.550 e. The Morgan fingerprint density at radius 1 is 1.00 bits per heavy atom. The Morgan fingerprint density at radius 3 is 2.24 bits per heavy atom. The molecule has 0 unspecified atom stereocenters. The fourth-order valence-corrected chi connectivity index (χ4v) is 2.01. The van der Waals surface area contributed by atoms with Gasteiger partial charge in [0.05, 0.1) is 10.0 Å². The maximum Gasteiger partial charge on any atom is 0.255 e. The van der Waals surface area contributed by atoms with E-state index in [2.05, 4.69) is 5.32 Å². The van der Waals surface area contributed by atoms with Gasteiger partial charge in [-0.1, -0.05) is 35.3 Å². The predicted octanol–water partition coefficient (Wildman–Crippen LogP) is 2.54. The molecule has 2 aromatic rings. The molecule has 0 aromatic heterocycles. The van der Waals surface area contributed by atoms with Crippen LogP contribution in [-0.2, 0) is 11.2 Å². The molecule has 4 nitrogen and oxygen atoms in total. The van der Waals surface area contributed by atoms with Gasteiger partial charge in [-0.3, -0.25) is 4.79 Å². The Labute approximate surface area is 131 Å². The van der Waals surface area contributed by atoms with Gasteiger partial charge in [0, 0.05) is 23.6 Å². The molecule has 0 aliphatic carbocycles. The van der Waals surface area contributed by atoms with E-state index >= 15 is 0 Å². The number of hydrogen-bond donors (Lipinski definition) is 1. The Bertz CT molecular complexity index is 684. The minimum absolute atomic E-state index is 0.166. The van der Waals surface area contributed by atoms with Crippen molar-refractivity contribution in [1.82, 2.24) is 0 Å². The molecule has 0 spiro atoms. The quantitative estimate of drug-likeness (QED) is 0.940. The molecule has 6 heteroatoms. The fourth-order valence-electron chi connectivity index (χ4n) is 1.71. The smallest absolute Gasteiger partial charge is 0.255 e. The number of amides is 1. The zero-order valence-corrected chi connectivity index (χ0v) is 12.2. The molecule has 0 aliphatic heterocycles. The maximum atomic E-state index is 12.0. The van der Waals surface area contributed by atoms with Crippen molar-refractivity contribution in [2.45, 2.75) is 6.42 Å². The first-order valence-electron chi connectivity index (χ1n) is 6.01. The predicted molar refractivity (Wildman–Crippen MR) is 79.6 cm³/mol. The third-order valence-corrected chi connectivity index (χ3v) is 3.48. The van der Waals surface area contributed by atoms with Gasteiger partial charge in [0.25, 0.3) is 5.91 Å². The second-order valence-corrected chi connectivity index (χ2v) is 5.14. The van der Waals surface area contributed by atoms with Crippen molar-refractivity contribution in [3.63, 3.8) is 0 Å². The van der Waals surface area contributed by atoms with Gasteiger partial charge >= 0.3 is 0 Å². The highest BCUT2D eigenvalue weighted by molar-refractivity contribution is 6.42. The first-order chi connectivity index (χ1) is 9.95. The first kappa shape index (κ1) is 15.4. The van der Waals surface area contributed by atoms with Crippen LogP contribution in [0.2, 0.25) is 10.0 Å². The van der Waals surface area contributed by atoms with Gasteiger partial charge in [0.15, 0.2) is 0 Å². The molecular weight excluding hydrogens is 313 g/mol. The lowest BCUT2D eigenvalue weighted by Crippen LogP contribution is -2.24. The highest BCUT2D eigenvalue weighted by atomic mass is 35.5. The highest BCUT2D eigenvalue weighted by Crippen LogP contribution is 2.23. The van der Waals surface area contributed by atoms with Crippen molar-refractivity contribution in [2.24, 2.45) is 0 Å². The third kappa shape index (κ3) is 4.21. The lowest BCUT2D eigenvalue weighted by atomic mass is 10.1. The summed E-state index contributed by atoms with van der Waals surface area (Å²) >= 11 is 11.6. The van der Waals surface area contributed by atoms with E-state index in [9.17, 15) is 14.7 Å². The van der Waals surface area contributed by atoms with Crippen LogP contribution < -0.4 is 10.4 Å². The molecule has 1 amide bonds. The van der Waals surface area contributed by atoms with Gasteiger partial charge < -0.3 is 15.2 Å². The summed E-state index contributed by atoms with van der Waals surface area (Å²) in [5.74, 6) is -1.48. The van der Waals surface area contributed by atoms with Crippen LogP contribution in [0.3, 0.4) is 0 Å². The van der Waals surface area contributed by atoms with E-state index in [4.69, 9.17) is 23.2 Å². The standard InChI is InChI=1S/C15H11Cl2NO3/c16-12-6-3-10(8-13(12)17)15(21)18-11-4-1-9(2-5-11)7-14(19)20/h1-6,8H,7H2,(H,18,21)(H,19,20)/p-1. The Hall–Kier alpha value is -2.04. The number of anilines is 1. The minimum atomic E-state index is -1.15. The number of aliphatic carboxylic acids is 1. The molecule has 0 heterocycles. The average molecular weight is 323 g/mol. The van der Waals surface area contributed by atoms with Crippen LogP contribution in [0.1, 0.15) is 15.9 Å². The molecule has 0 saturated carbocycles. The Balaban J connectivity index is 2.08. The van der Waals surface area contributed by atoms with E-state index < -0.39 is 5.97 Å². The largest absolute Gasteiger partial charge is 0.550 e. The summed E-state index contributed by atoms with van der Waals surface area (Å²) in [4.78, 5) is 22.5. The third-order valence-electron chi connectivity index (χ3n) is 2.74. The molecule has 0 saturated heterocycles. The second kappa shape index (κ2) is 6.61. The van der Waals surface area contributed by atoms with Crippen LogP contribution in [0, 0.1) is 0 Å². The van der Waals surface area contributed by atoms with Gasteiger partial charge in [-0.2, -0.15) is 0 Å². The Kier molecular flexibility index (Phi) is 4.83. The molecule has 21 heavy (non-hydrogen) atoms. The molecule has 2 aromatic carbocycles. The fraction of sp³-hybridized carbons (Fsp3) is 0.0667. The van der Waals surface area contributed by atoms with Gasteiger partial charge in [-0.15, -0.1) is 0 Å². The average Bonchev–Trinajstić information content (AvgIpc) is 2.43. The number of nitrogens with one attached hydrogen (secondary N) is 1. The summed E-state index contributed by atoms with van der Waals surface area (Å²) in [5.41, 5.74) is 1.53. The molecule has 108 valence electrons. The topological polar surface area (TPSA) is 69.2 Å². The number of carbonyl (C=O) groups excluding carboxylic acids is 2. The van der Waals surface area contributed by atoms with Crippen molar-refractivity contribution in [2.75, 3.05) is 5.32 Å². The monoisotopic (exact) mass is 322 g/mol.